The zero-order chi connectivity index (χ0) is 12.3. The second-order valence-corrected chi connectivity index (χ2v) is 5.77. The predicted molar refractivity (Wildman–Crippen MR) is 73.9 cm³/mol. The van der Waals surface area contributed by atoms with E-state index in [4.69, 9.17) is 5.26 Å². The van der Waals surface area contributed by atoms with E-state index in [1.165, 1.54) is 25.7 Å². The van der Waals surface area contributed by atoms with Crippen molar-refractivity contribution in [3.63, 3.8) is 0 Å². The van der Waals surface area contributed by atoms with Gasteiger partial charge in [0.2, 0.25) is 0 Å². The number of hydrogen-bond acceptors (Lipinski definition) is 2. The third kappa shape index (κ3) is 3.23. The Morgan fingerprint density at radius 1 is 1.41 bits per heavy atom. The highest BCUT2D eigenvalue weighted by molar-refractivity contribution is 9.10. The molecule has 1 saturated carbocycles. The minimum absolute atomic E-state index is 0.572. The number of benzene rings is 1. The zero-order valence-electron chi connectivity index (χ0n) is 10.0. The Labute approximate surface area is 111 Å². The minimum atomic E-state index is 0.572. The van der Waals surface area contributed by atoms with Gasteiger partial charge in [-0.2, -0.15) is 5.26 Å². The lowest BCUT2D eigenvalue weighted by molar-refractivity contribution is 0.358. The monoisotopic (exact) mass is 292 g/mol. The fraction of sp³-hybridized carbons (Fsp3) is 0.500. The molecular weight excluding hydrogens is 276 g/mol. The number of hydrogen-bond donors (Lipinski definition) is 1. The van der Waals surface area contributed by atoms with E-state index in [0.717, 1.165) is 16.1 Å². The largest absolute Gasteiger partial charge is 0.381 e. The number of nitrogens with zero attached hydrogens (tertiary/aromatic N) is 1. The summed E-state index contributed by atoms with van der Waals surface area (Å²) in [6.07, 6.45) is 5.16. The third-order valence-corrected chi connectivity index (χ3v) is 4.05. The van der Waals surface area contributed by atoms with Crippen LogP contribution in [0.5, 0.6) is 0 Å². The molecular formula is C14H17BrN2. The van der Waals surface area contributed by atoms with E-state index >= 15 is 0 Å². The molecule has 90 valence electrons. The van der Waals surface area contributed by atoms with Gasteiger partial charge in [0.25, 0.3) is 0 Å². The molecule has 17 heavy (non-hydrogen) atoms. The van der Waals surface area contributed by atoms with Crippen LogP contribution < -0.4 is 5.32 Å². The van der Waals surface area contributed by atoms with Gasteiger partial charge in [-0.3, -0.25) is 0 Å². The average molecular weight is 293 g/mol. The van der Waals surface area contributed by atoms with Crippen molar-refractivity contribution in [2.75, 3.05) is 5.32 Å². The number of anilines is 1. The molecule has 0 amide bonds. The van der Waals surface area contributed by atoms with Crippen LogP contribution in [0.1, 0.15) is 38.2 Å². The van der Waals surface area contributed by atoms with E-state index in [9.17, 15) is 0 Å². The van der Waals surface area contributed by atoms with Gasteiger partial charge >= 0.3 is 0 Å². The Bertz CT molecular complexity index is 436. The quantitative estimate of drug-likeness (QED) is 0.882. The molecule has 0 bridgehead atoms. The summed E-state index contributed by atoms with van der Waals surface area (Å²) in [6, 6.07) is 8.44. The highest BCUT2D eigenvalue weighted by Gasteiger charge is 2.19. The Morgan fingerprint density at radius 2 is 2.24 bits per heavy atom. The van der Waals surface area contributed by atoms with Crippen LogP contribution in [0.3, 0.4) is 0 Å². The van der Waals surface area contributed by atoms with E-state index in [2.05, 4.69) is 34.2 Å². The van der Waals surface area contributed by atoms with E-state index < -0.39 is 0 Å². The fourth-order valence-electron chi connectivity index (χ4n) is 2.49. The van der Waals surface area contributed by atoms with Crippen LogP contribution in [-0.2, 0) is 0 Å². The molecule has 1 aromatic carbocycles. The minimum Gasteiger partial charge on any atom is -0.381 e. The SMILES string of the molecule is CC1CCCC(Nc2ccc(C#N)cc2Br)C1. The molecule has 0 saturated heterocycles. The summed E-state index contributed by atoms with van der Waals surface area (Å²) in [5.41, 5.74) is 1.79. The van der Waals surface area contributed by atoms with E-state index in [-0.39, 0.29) is 0 Å². The van der Waals surface area contributed by atoms with Crippen molar-refractivity contribution in [3.8, 4) is 6.07 Å². The van der Waals surface area contributed by atoms with E-state index in [0.29, 0.717) is 11.6 Å². The smallest absolute Gasteiger partial charge is 0.0992 e. The van der Waals surface area contributed by atoms with Crippen molar-refractivity contribution in [2.24, 2.45) is 5.92 Å². The molecule has 0 aliphatic heterocycles. The van der Waals surface area contributed by atoms with Crippen LogP contribution in [-0.4, -0.2) is 6.04 Å². The Kier molecular flexibility index (Phi) is 4.06. The summed E-state index contributed by atoms with van der Waals surface area (Å²) in [5, 5.41) is 12.4. The second kappa shape index (κ2) is 5.55. The molecule has 1 aliphatic carbocycles. The maximum atomic E-state index is 8.82. The molecule has 2 rings (SSSR count). The molecule has 2 atom stereocenters. The molecule has 0 heterocycles. The molecule has 0 radical (unpaired) electrons. The van der Waals surface area contributed by atoms with Gasteiger partial charge < -0.3 is 5.32 Å². The maximum absolute atomic E-state index is 8.82. The predicted octanol–water partition coefficient (Wildman–Crippen LogP) is 4.31. The topological polar surface area (TPSA) is 35.8 Å². The summed E-state index contributed by atoms with van der Waals surface area (Å²) in [6.45, 7) is 2.32. The molecule has 1 fully saturated rings. The number of nitriles is 1. The van der Waals surface area contributed by atoms with Gasteiger partial charge in [-0.1, -0.05) is 19.8 Å². The second-order valence-electron chi connectivity index (χ2n) is 4.92. The fourth-order valence-corrected chi connectivity index (χ4v) is 2.98. The van der Waals surface area contributed by atoms with Crippen molar-refractivity contribution in [1.82, 2.24) is 0 Å². The Morgan fingerprint density at radius 3 is 2.88 bits per heavy atom. The normalized spacial score (nSPS) is 24.1. The maximum Gasteiger partial charge on any atom is 0.0992 e. The lowest BCUT2D eigenvalue weighted by Gasteiger charge is -2.28. The molecule has 2 nitrogen and oxygen atoms in total. The van der Waals surface area contributed by atoms with Crippen LogP contribution in [0.4, 0.5) is 5.69 Å². The highest BCUT2D eigenvalue weighted by Crippen LogP contribution is 2.29. The molecule has 0 aromatic heterocycles. The summed E-state index contributed by atoms with van der Waals surface area (Å²) >= 11 is 3.52. The molecule has 1 aromatic rings. The van der Waals surface area contributed by atoms with Gasteiger partial charge in [0.15, 0.2) is 0 Å². The third-order valence-electron chi connectivity index (χ3n) is 3.39. The lowest BCUT2D eigenvalue weighted by atomic mass is 9.87. The number of halogens is 1. The standard InChI is InChI=1S/C14H17BrN2/c1-10-3-2-4-12(7-10)17-14-6-5-11(9-16)8-13(14)15/h5-6,8,10,12,17H,2-4,7H2,1H3. The van der Waals surface area contributed by atoms with Gasteiger partial charge in [0, 0.05) is 16.2 Å². The van der Waals surface area contributed by atoms with E-state index in [1.807, 2.05) is 18.2 Å². The van der Waals surface area contributed by atoms with Gasteiger partial charge in [0.05, 0.1) is 11.6 Å². The lowest BCUT2D eigenvalue weighted by Crippen LogP contribution is -2.26. The summed E-state index contributed by atoms with van der Waals surface area (Å²) < 4.78 is 0.981. The molecule has 3 heteroatoms. The van der Waals surface area contributed by atoms with Crippen LogP contribution in [0, 0.1) is 17.2 Å². The summed E-state index contributed by atoms with van der Waals surface area (Å²) in [5.74, 6) is 0.818. The van der Waals surface area contributed by atoms with Gasteiger partial charge in [0.1, 0.15) is 0 Å². The van der Waals surface area contributed by atoms with Crippen LogP contribution in [0.2, 0.25) is 0 Å². The first-order chi connectivity index (χ1) is 8.19. The van der Waals surface area contributed by atoms with Crippen molar-refractivity contribution in [3.05, 3.63) is 28.2 Å². The van der Waals surface area contributed by atoms with Crippen LogP contribution in [0.25, 0.3) is 0 Å². The average Bonchev–Trinajstić information content (AvgIpc) is 2.32. The molecule has 2 unspecified atom stereocenters. The van der Waals surface area contributed by atoms with Gasteiger partial charge in [-0.15, -0.1) is 0 Å². The Hall–Kier alpha value is -1.01. The zero-order valence-corrected chi connectivity index (χ0v) is 11.6. The summed E-state index contributed by atoms with van der Waals surface area (Å²) in [7, 11) is 0. The van der Waals surface area contributed by atoms with Crippen LogP contribution in [0.15, 0.2) is 22.7 Å². The van der Waals surface area contributed by atoms with Crippen LogP contribution >= 0.6 is 15.9 Å². The number of nitrogens with one attached hydrogen (secondary N) is 1. The van der Waals surface area contributed by atoms with Crippen molar-refractivity contribution in [1.29, 1.82) is 5.26 Å². The molecule has 1 N–H and O–H groups in total. The van der Waals surface area contributed by atoms with Gasteiger partial charge in [-0.05, 0) is 52.9 Å². The number of rotatable bonds is 2. The summed E-state index contributed by atoms with van der Waals surface area (Å²) in [4.78, 5) is 0. The first-order valence-corrected chi connectivity index (χ1v) is 6.94. The molecule has 0 spiro atoms. The van der Waals surface area contributed by atoms with Crippen molar-refractivity contribution < 1.29 is 0 Å². The highest BCUT2D eigenvalue weighted by atomic mass is 79.9. The van der Waals surface area contributed by atoms with Crippen molar-refractivity contribution in [2.45, 2.75) is 38.6 Å². The van der Waals surface area contributed by atoms with Crippen molar-refractivity contribution >= 4 is 21.6 Å². The molecule has 1 aliphatic rings. The van der Waals surface area contributed by atoms with E-state index in [1.54, 1.807) is 0 Å². The van der Waals surface area contributed by atoms with Gasteiger partial charge in [-0.25, -0.2) is 0 Å². The Balaban J connectivity index is 2.06. The first-order valence-electron chi connectivity index (χ1n) is 6.15. The first kappa shape index (κ1) is 12.4.